The van der Waals surface area contributed by atoms with E-state index in [9.17, 15) is 0 Å². The second kappa shape index (κ2) is 7.16. The molecule has 1 unspecified atom stereocenters. The molecule has 102 valence electrons. The Kier molecular flexibility index (Phi) is 5.23. The Balaban J connectivity index is 1.74. The van der Waals surface area contributed by atoms with Crippen molar-refractivity contribution >= 4 is 0 Å². The summed E-state index contributed by atoms with van der Waals surface area (Å²) in [5.74, 6) is 0.895. The first kappa shape index (κ1) is 13.9. The summed E-state index contributed by atoms with van der Waals surface area (Å²) in [6.07, 6.45) is 4.44. The van der Waals surface area contributed by atoms with E-state index in [4.69, 9.17) is 10.00 Å². The third-order valence-electron chi connectivity index (χ3n) is 3.79. The smallest absolute Gasteiger partial charge is 0.119 e. The average Bonchev–Trinajstić information content (AvgIpc) is 2.43. The maximum atomic E-state index is 8.61. The fourth-order valence-electron chi connectivity index (χ4n) is 2.57. The Labute approximate surface area is 115 Å². The molecule has 1 atom stereocenters. The molecule has 0 aromatic heterocycles. The third kappa shape index (κ3) is 4.25. The maximum Gasteiger partial charge on any atom is 0.119 e. The summed E-state index contributed by atoms with van der Waals surface area (Å²) in [5, 5.41) is 8.61. The number of ether oxygens (including phenoxy) is 1. The van der Waals surface area contributed by atoms with Gasteiger partial charge in [0.2, 0.25) is 0 Å². The minimum atomic E-state index is 0.464. The van der Waals surface area contributed by atoms with Crippen LogP contribution in [0.5, 0.6) is 5.75 Å². The van der Waals surface area contributed by atoms with Crippen molar-refractivity contribution in [3.05, 3.63) is 29.8 Å². The molecule has 3 nitrogen and oxygen atoms in total. The van der Waals surface area contributed by atoms with E-state index in [1.807, 2.05) is 24.3 Å². The van der Waals surface area contributed by atoms with Crippen molar-refractivity contribution in [2.24, 2.45) is 0 Å². The van der Waals surface area contributed by atoms with E-state index in [-0.39, 0.29) is 0 Å². The molecule has 0 spiro atoms. The summed E-state index contributed by atoms with van der Waals surface area (Å²) in [4.78, 5) is 2.51. The largest absolute Gasteiger partial charge is 0.492 e. The van der Waals surface area contributed by atoms with Gasteiger partial charge in [0.1, 0.15) is 12.4 Å². The predicted molar refractivity (Wildman–Crippen MR) is 76.1 cm³/mol. The van der Waals surface area contributed by atoms with Gasteiger partial charge in [0.05, 0.1) is 12.5 Å². The van der Waals surface area contributed by atoms with Crippen LogP contribution in [0, 0.1) is 11.3 Å². The summed E-state index contributed by atoms with van der Waals surface area (Å²) in [5.41, 5.74) is 1.04. The molecule has 1 saturated heterocycles. The number of nitriles is 1. The van der Waals surface area contributed by atoms with Crippen LogP contribution in [-0.4, -0.2) is 30.6 Å². The molecule has 1 fully saturated rings. The highest BCUT2D eigenvalue weighted by Crippen LogP contribution is 2.16. The molecule has 1 heterocycles. The molecular formula is C16H22N2O. The van der Waals surface area contributed by atoms with Crippen LogP contribution in [0.4, 0.5) is 0 Å². The normalized spacial score (nSPS) is 19.9. The van der Waals surface area contributed by atoms with Crippen LogP contribution in [0.2, 0.25) is 0 Å². The minimum absolute atomic E-state index is 0.464. The Morgan fingerprint density at radius 3 is 2.79 bits per heavy atom. The van der Waals surface area contributed by atoms with E-state index in [0.717, 1.165) is 24.5 Å². The maximum absolute atomic E-state index is 8.61. The topological polar surface area (TPSA) is 36.3 Å². The van der Waals surface area contributed by atoms with Gasteiger partial charge in [0.25, 0.3) is 0 Å². The Hall–Kier alpha value is -1.53. The van der Waals surface area contributed by atoms with Crippen LogP contribution in [0.1, 0.15) is 31.7 Å². The standard InChI is InChI=1S/C16H22N2O/c1-14-4-2-3-11-18(14)12-13-19-16-7-5-15(6-8-16)9-10-17/h5-8,14H,2-4,9,11-13H2,1H3. The zero-order chi connectivity index (χ0) is 13.5. The summed E-state index contributed by atoms with van der Waals surface area (Å²) in [6, 6.07) is 10.7. The van der Waals surface area contributed by atoms with Crippen LogP contribution in [0.15, 0.2) is 24.3 Å². The number of piperidine rings is 1. The molecule has 19 heavy (non-hydrogen) atoms. The molecule has 1 aliphatic rings. The molecular weight excluding hydrogens is 236 g/mol. The van der Waals surface area contributed by atoms with Gasteiger partial charge >= 0.3 is 0 Å². The van der Waals surface area contributed by atoms with Crippen LogP contribution in [0.3, 0.4) is 0 Å². The zero-order valence-corrected chi connectivity index (χ0v) is 11.6. The summed E-state index contributed by atoms with van der Waals surface area (Å²) in [6.45, 7) is 5.24. The highest BCUT2D eigenvalue weighted by Gasteiger charge is 2.17. The molecule has 0 bridgehead atoms. The first-order valence-electron chi connectivity index (χ1n) is 7.12. The first-order chi connectivity index (χ1) is 9.29. The summed E-state index contributed by atoms with van der Waals surface area (Å²) >= 11 is 0. The molecule has 1 aromatic rings. The van der Waals surface area contributed by atoms with Crippen molar-refractivity contribution in [1.82, 2.24) is 4.90 Å². The lowest BCUT2D eigenvalue weighted by Gasteiger charge is -2.33. The fraction of sp³-hybridized carbons (Fsp3) is 0.562. The molecule has 0 aliphatic carbocycles. The molecule has 1 aromatic carbocycles. The van der Waals surface area contributed by atoms with E-state index in [2.05, 4.69) is 17.9 Å². The van der Waals surface area contributed by atoms with Crippen molar-refractivity contribution in [1.29, 1.82) is 5.26 Å². The quantitative estimate of drug-likeness (QED) is 0.814. The van der Waals surface area contributed by atoms with E-state index in [0.29, 0.717) is 12.5 Å². The first-order valence-corrected chi connectivity index (χ1v) is 7.12. The zero-order valence-electron chi connectivity index (χ0n) is 11.6. The molecule has 0 N–H and O–H groups in total. The highest BCUT2D eigenvalue weighted by molar-refractivity contribution is 5.28. The van der Waals surface area contributed by atoms with Gasteiger partial charge in [-0.3, -0.25) is 4.90 Å². The van der Waals surface area contributed by atoms with Crippen molar-refractivity contribution in [3.63, 3.8) is 0 Å². The Morgan fingerprint density at radius 1 is 1.32 bits per heavy atom. The lowest BCUT2D eigenvalue weighted by molar-refractivity contribution is 0.133. The second-order valence-electron chi connectivity index (χ2n) is 5.21. The van der Waals surface area contributed by atoms with Gasteiger partial charge in [0.15, 0.2) is 0 Å². The SMILES string of the molecule is CC1CCCCN1CCOc1ccc(CC#N)cc1. The Bertz CT molecular complexity index is 421. The number of likely N-dealkylation sites (tertiary alicyclic amines) is 1. The second-order valence-corrected chi connectivity index (χ2v) is 5.21. The van der Waals surface area contributed by atoms with Crippen LogP contribution < -0.4 is 4.74 Å². The van der Waals surface area contributed by atoms with Gasteiger partial charge in [-0.05, 0) is 44.0 Å². The van der Waals surface area contributed by atoms with E-state index in [1.54, 1.807) is 0 Å². The summed E-state index contributed by atoms with van der Waals surface area (Å²) in [7, 11) is 0. The molecule has 0 amide bonds. The summed E-state index contributed by atoms with van der Waals surface area (Å²) < 4.78 is 5.77. The predicted octanol–water partition coefficient (Wildman–Crippen LogP) is 3.01. The number of rotatable bonds is 5. The van der Waals surface area contributed by atoms with E-state index in [1.165, 1.54) is 25.8 Å². The highest BCUT2D eigenvalue weighted by atomic mass is 16.5. The van der Waals surface area contributed by atoms with Gasteiger partial charge in [-0.1, -0.05) is 18.6 Å². The van der Waals surface area contributed by atoms with Crippen LogP contribution >= 0.6 is 0 Å². The monoisotopic (exact) mass is 258 g/mol. The number of hydrogen-bond acceptors (Lipinski definition) is 3. The minimum Gasteiger partial charge on any atom is -0.492 e. The van der Waals surface area contributed by atoms with Crippen molar-refractivity contribution < 1.29 is 4.74 Å². The van der Waals surface area contributed by atoms with Gasteiger partial charge < -0.3 is 4.74 Å². The van der Waals surface area contributed by atoms with Gasteiger partial charge in [-0.25, -0.2) is 0 Å². The number of benzene rings is 1. The van der Waals surface area contributed by atoms with Crippen LogP contribution in [-0.2, 0) is 6.42 Å². The molecule has 3 heteroatoms. The lowest BCUT2D eigenvalue weighted by Crippen LogP contribution is -2.39. The van der Waals surface area contributed by atoms with E-state index < -0.39 is 0 Å². The molecule has 0 saturated carbocycles. The van der Waals surface area contributed by atoms with Crippen LogP contribution in [0.25, 0.3) is 0 Å². The van der Waals surface area contributed by atoms with Crippen molar-refractivity contribution in [2.75, 3.05) is 19.7 Å². The fourth-order valence-corrected chi connectivity index (χ4v) is 2.57. The van der Waals surface area contributed by atoms with Crippen molar-refractivity contribution in [2.45, 2.75) is 38.6 Å². The number of hydrogen-bond donors (Lipinski definition) is 0. The van der Waals surface area contributed by atoms with Gasteiger partial charge in [-0.15, -0.1) is 0 Å². The number of nitrogens with zero attached hydrogens (tertiary/aromatic N) is 2. The molecule has 1 aliphatic heterocycles. The Morgan fingerprint density at radius 2 is 2.11 bits per heavy atom. The van der Waals surface area contributed by atoms with Gasteiger partial charge in [0, 0.05) is 12.6 Å². The molecule has 0 radical (unpaired) electrons. The van der Waals surface area contributed by atoms with E-state index >= 15 is 0 Å². The molecule has 2 rings (SSSR count). The lowest BCUT2D eigenvalue weighted by atomic mass is 10.0. The van der Waals surface area contributed by atoms with Gasteiger partial charge in [-0.2, -0.15) is 5.26 Å². The third-order valence-corrected chi connectivity index (χ3v) is 3.79. The average molecular weight is 258 g/mol. The van der Waals surface area contributed by atoms with Crippen molar-refractivity contribution in [3.8, 4) is 11.8 Å².